The molecule has 2 saturated heterocycles. The van der Waals surface area contributed by atoms with Gasteiger partial charge in [0, 0.05) is 26.1 Å². The van der Waals surface area contributed by atoms with Crippen LogP contribution < -0.4 is 0 Å². The van der Waals surface area contributed by atoms with Crippen LogP contribution in [-0.2, 0) is 9.53 Å². The van der Waals surface area contributed by atoms with Gasteiger partial charge in [0.25, 0.3) is 0 Å². The van der Waals surface area contributed by atoms with Gasteiger partial charge in [-0.25, -0.2) is 0 Å². The Morgan fingerprint density at radius 1 is 1.38 bits per heavy atom. The number of likely N-dealkylation sites (tertiary alicyclic amines) is 1. The highest BCUT2D eigenvalue weighted by atomic mass is 16.5. The molecular weight excluding hydrogens is 166 g/mol. The lowest BCUT2D eigenvalue weighted by Gasteiger charge is -2.31. The second-order valence-corrected chi connectivity index (χ2v) is 4.17. The maximum atomic E-state index is 10.8. The van der Waals surface area contributed by atoms with E-state index >= 15 is 0 Å². The summed E-state index contributed by atoms with van der Waals surface area (Å²) in [6.45, 7) is 4.65. The lowest BCUT2D eigenvalue weighted by atomic mass is 10.2. The standard InChI is InChI=1S/C10H17NO2/c1-8(12)4-5-11-6-9-2-3-10(7-11)13-9/h9-10H,2-7H2,1H3. The Morgan fingerprint density at radius 3 is 2.54 bits per heavy atom. The second-order valence-electron chi connectivity index (χ2n) is 4.17. The molecule has 2 aliphatic rings. The molecule has 2 bridgehead atoms. The zero-order chi connectivity index (χ0) is 9.26. The molecule has 2 unspecified atom stereocenters. The lowest BCUT2D eigenvalue weighted by Crippen LogP contribution is -2.43. The van der Waals surface area contributed by atoms with E-state index in [1.54, 1.807) is 6.92 Å². The lowest BCUT2D eigenvalue weighted by molar-refractivity contribution is -0.118. The summed E-state index contributed by atoms with van der Waals surface area (Å²) in [4.78, 5) is 13.2. The molecule has 0 N–H and O–H groups in total. The summed E-state index contributed by atoms with van der Waals surface area (Å²) in [6, 6.07) is 0. The number of rotatable bonds is 3. The molecule has 0 spiro atoms. The highest BCUT2D eigenvalue weighted by Crippen LogP contribution is 2.25. The summed E-state index contributed by atoms with van der Waals surface area (Å²) in [6.07, 6.45) is 4.01. The molecule has 2 rings (SSSR count). The molecule has 0 aromatic heterocycles. The molecule has 0 aliphatic carbocycles. The summed E-state index contributed by atoms with van der Waals surface area (Å²) in [5, 5.41) is 0. The Hall–Kier alpha value is -0.410. The summed E-state index contributed by atoms with van der Waals surface area (Å²) in [7, 11) is 0. The van der Waals surface area contributed by atoms with Gasteiger partial charge >= 0.3 is 0 Å². The number of ketones is 1. The maximum Gasteiger partial charge on any atom is 0.131 e. The Bertz CT molecular complexity index is 193. The Balaban J connectivity index is 1.78. The van der Waals surface area contributed by atoms with E-state index in [2.05, 4.69) is 4.90 Å². The minimum Gasteiger partial charge on any atom is -0.372 e. The number of ether oxygens (including phenoxy) is 1. The topological polar surface area (TPSA) is 29.5 Å². The van der Waals surface area contributed by atoms with Gasteiger partial charge in [-0.05, 0) is 19.8 Å². The van der Waals surface area contributed by atoms with Gasteiger partial charge in [0.05, 0.1) is 12.2 Å². The van der Waals surface area contributed by atoms with Crippen molar-refractivity contribution in [2.24, 2.45) is 0 Å². The SMILES string of the molecule is CC(=O)CCN1CC2CCC(C1)O2. The van der Waals surface area contributed by atoms with Crippen molar-refractivity contribution in [1.29, 1.82) is 0 Å². The summed E-state index contributed by atoms with van der Waals surface area (Å²) >= 11 is 0. The van der Waals surface area contributed by atoms with E-state index in [9.17, 15) is 4.79 Å². The Morgan fingerprint density at radius 2 is 2.00 bits per heavy atom. The van der Waals surface area contributed by atoms with Crippen molar-refractivity contribution in [3.63, 3.8) is 0 Å². The van der Waals surface area contributed by atoms with Gasteiger partial charge < -0.3 is 4.74 Å². The molecule has 0 aromatic carbocycles. The van der Waals surface area contributed by atoms with E-state index in [1.165, 1.54) is 12.8 Å². The van der Waals surface area contributed by atoms with Gasteiger partial charge in [-0.3, -0.25) is 9.69 Å². The van der Waals surface area contributed by atoms with E-state index in [-0.39, 0.29) is 0 Å². The molecule has 2 aliphatic heterocycles. The van der Waals surface area contributed by atoms with Crippen molar-refractivity contribution in [2.45, 2.75) is 38.4 Å². The smallest absolute Gasteiger partial charge is 0.131 e. The zero-order valence-corrected chi connectivity index (χ0v) is 8.16. The van der Waals surface area contributed by atoms with Crippen LogP contribution in [0.4, 0.5) is 0 Å². The third-order valence-electron chi connectivity index (χ3n) is 2.90. The quantitative estimate of drug-likeness (QED) is 0.649. The highest BCUT2D eigenvalue weighted by molar-refractivity contribution is 5.75. The summed E-state index contributed by atoms with van der Waals surface area (Å²) in [5.41, 5.74) is 0. The minimum absolute atomic E-state index is 0.291. The molecular formula is C10H17NO2. The molecule has 0 aromatic rings. The molecule has 3 nitrogen and oxygen atoms in total. The number of fused-ring (bicyclic) bond motifs is 2. The van der Waals surface area contributed by atoms with Gasteiger partial charge in [-0.15, -0.1) is 0 Å². The van der Waals surface area contributed by atoms with Gasteiger partial charge in [0.1, 0.15) is 5.78 Å². The fourth-order valence-electron chi connectivity index (χ4n) is 2.20. The van der Waals surface area contributed by atoms with Crippen LogP contribution in [0, 0.1) is 0 Å². The first-order valence-corrected chi connectivity index (χ1v) is 5.11. The molecule has 0 radical (unpaired) electrons. The van der Waals surface area contributed by atoms with Crippen molar-refractivity contribution in [1.82, 2.24) is 4.90 Å². The number of hydrogen-bond donors (Lipinski definition) is 0. The van der Waals surface area contributed by atoms with Crippen LogP contribution in [0.3, 0.4) is 0 Å². The number of hydrogen-bond acceptors (Lipinski definition) is 3. The summed E-state index contributed by atoms with van der Waals surface area (Å²) in [5.74, 6) is 0.291. The van der Waals surface area contributed by atoms with E-state index in [4.69, 9.17) is 4.74 Å². The molecule has 3 heteroatoms. The molecule has 2 atom stereocenters. The molecule has 2 heterocycles. The van der Waals surface area contributed by atoms with Gasteiger partial charge in [0.15, 0.2) is 0 Å². The van der Waals surface area contributed by atoms with Crippen LogP contribution in [0.15, 0.2) is 0 Å². The van der Waals surface area contributed by atoms with Crippen LogP contribution >= 0.6 is 0 Å². The fourth-order valence-corrected chi connectivity index (χ4v) is 2.20. The van der Waals surface area contributed by atoms with Crippen molar-refractivity contribution in [3.8, 4) is 0 Å². The summed E-state index contributed by atoms with van der Waals surface area (Å²) < 4.78 is 5.71. The first-order valence-electron chi connectivity index (χ1n) is 5.11. The molecule has 2 fully saturated rings. The molecule has 13 heavy (non-hydrogen) atoms. The van der Waals surface area contributed by atoms with Crippen molar-refractivity contribution >= 4 is 5.78 Å². The fraction of sp³-hybridized carbons (Fsp3) is 0.900. The Kier molecular flexibility index (Phi) is 2.65. The largest absolute Gasteiger partial charge is 0.372 e. The third kappa shape index (κ3) is 2.29. The normalized spacial score (nSPS) is 33.6. The third-order valence-corrected chi connectivity index (χ3v) is 2.90. The highest BCUT2D eigenvalue weighted by Gasteiger charge is 2.33. The predicted molar refractivity (Wildman–Crippen MR) is 49.6 cm³/mol. The number of morpholine rings is 1. The first-order chi connectivity index (χ1) is 6.24. The van der Waals surface area contributed by atoms with Crippen LogP contribution in [0.5, 0.6) is 0 Å². The monoisotopic (exact) mass is 183 g/mol. The maximum absolute atomic E-state index is 10.8. The van der Waals surface area contributed by atoms with Crippen LogP contribution in [0.1, 0.15) is 26.2 Å². The molecule has 0 amide bonds. The van der Waals surface area contributed by atoms with Crippen LogP contribution in [0.2, 0.25) is 0 Å². The number of nitrogens with zero attached hydrogens (tertiary/aromatic N) is 1. The zero-order valence-electron chi connectivity index (χ0n) is 8.16. The van der Waals surface area contributed by atoms with Crippen LogP contribution in [0.25, 0.3) is 0 Å². The number of carbonyl (C=O) groups excluding carboxylic acids is 1. The number of Topliss-reactive ketones (excluding diaryl/α,β-unsaturated/α-hetero) is 1. The van der Waals surface area contributed by atoms with E-state index in [1.807, 2.05) is 0 Å². The van der Waals surface area contributed by atoms with Crippen LogP contribution in [-0.4, -0.2) is 42.5 Å². The van der Waals surface area contributed by atoms with E-state index < -0.39 is 0 Å². The molecule has 74 valence electrons. The van der Waals surface area contributed by atoms with Crippen molar-refractivity contribution in [3.05, 3.63) is 0 Å². The number of carbonyl (C=O) groups is 1. The van der Waals surface area contributed by atoms with Gasteiger partial charge in [0.2, 0.25) is 0 Å². The van der Waals surface area contributed by atoms with Gasteiger partial charge in [-0.2, -0.15) is 0 Å². The Labute approximate surface area is 79.0 Å². The van der Waals surface area contributed by atoms with Crippen molar-refractivity contribution in [2.75, 3.05) is 19.6 Å². The average molecular weight is 183 g/mol. The predicted octanol–water partition coefficient (Wildman–Crippen LogP) is 0.829. The molecule has 0 saturated carbocycles. The van der Waals surface area contributed by atoms with Gasteiger partial charge in [-0.1, -0.05) is 0 Å². The van der Waals surface area contributed by atoms with E-state index in [0.29, 0.717) is 24.4 Å². The second kappa shape index (κ2) is 3.76. The first kappa shape index (κ1) is 9.16. The van der Waals surface area contributed by atoms with E-state index in [0.717, 1.165) is 19.6 Å². The minimum atomic E-state index is 0.291. The average Bonchev–Trinajstić information content (AvgIpc) is 2.42. The van der Waals surface area contributed by atoms with Crippen molar-refractivity contribution < 1.29 is 9.53 Å².